The van der Waals surface area contributed by atoms with Crippen molar-refractivity contribution < 1.29 is 17.7 Å². The number of hydrogen-bond donors (Lipinski definition) is 1. The van der Waals surface area contributed by atoms with Crippen LogP contribution in [0.15, 0.2) is 60.7 Å². The third-order valence-corrected chi connectivity index (χ3v) is 3.84. The Morgan fingerprint density at radius 1 is 0.750 bits per heavy atom. The molecule has 1 aliphatic rings. The van der Waals surface area contributed by atoms with Crippen LogP contribution in [0.25, 0.3) is 0 Å². The molecule has 2 aromatic carbocycles. The molecule has 3 heteroatoms. The first-order valence-corrected chi connectivity index (χ1v) is 7.11. The van der Waals surface area contributed by atoms with E-state index in [9.17, 15) is 0 Å². The van der Waals surface area contributed by atoms with Crippen LogP contribution >= 0.6 is 0 Å². The normalized spacial score (nSPS) is 15.8. The lowest BCUT2D eigenvalue weighted by Gasteiger charge is -2.34. The number of halogens is 1. The molecule has 3 rings (SSSR count). The van der Waals surface area contributed by atoms with Crippen LogP contribution in [0.3, 0.4) is 0 Å². The minimum absolute atomic E-state index is 0. The standard InChI is InChI=1S/C17H20N2.ClH/c1-3-7-15(8-4-1)17(16-9-5-2-6-10-16)19-13-11-18-12-14-19;/h1-10,17-18H,11-14H2;1H. The number of piperazine rings is 1. The lowest BCUT2D eigenvalue weighted by molar-refractivity contribution is -0.663. The summed E-state index contributed by atoms with van der Waals surface area (Å²) in [5.41, 5.74) is 2.80. The molecular formula is C17H21ClN2. The second-order valence-corrected chi connectivity index (χ2v) is 5.13. The highest BCUT2D eigenvalue weighted by Gasteiger charge is 2.24. The number of nitrogens with zero attached hydrogens (tertiary/aromatic N) is 1. The Morgan fingerprint density at radius 3 is 1.65 bits per heavy atom. The maximum absolute atomic E-state index is 2.60. The van der Waals surface area contributed by atoms with Gasteiger partial charge >= 0.3 is 0 Å². The Bertz CT molecular complexity index is 455. The first kappa shape index (κ1) is 15.0. The summed E-state index contributed by atoms with van der Waals surface area (Å²) in [7, 11) is 0. The third-order valence-electron chi connectivity index (χ3n) is 3.84. The zero-order valence-electron chi connectivity index (χ0n) is 11.6. The van der Waals surface area contributed by atoms with Crippen molar-refractivity contribution in [2.24, 2.45) is 0 Å². The minimum Gasteiger partial charge on any atom is -1.00 e. The smallest absolute Gasteiger partial charge is 0.0885 e. The quantitative estimate of drug-likeness (QED) is 0.741. The Hall–Kier alpha value is -1.35. The van der Waals surface area contributed by atoms with Crippen molar-refractivity contribution in [2.45, 2.75) is 6.04 Å². The number of benzene rings is 2. The van der Waals surface area contributed by atoms with Crippen LogP contribution in [0.4, 0.5) is 0 Å². The van der Waals surface area contributed by atoms with Crippen molar-refractivity contribution >= 4 is 0 Å². The average Bonchev–Trinajstić information content (AvgIpc) is 2.51. The fourth-order valence-corrected chi connectivity index (χ4v) is 2.91. The monoisotopic (exact) mass is 288 g/mol. The summed E-state index contributed by atoms with van der Waals surface area (Å²) in [6.45, 7) is 4.73. The highest BCUT2D eigenvalue weighted by Crippen LogP contribution is 2.28. The topological polar surface area (TPSA) is 19.9 Å². The van der Waals surface area contributed by atoms with Gasteiger partial charge in [-0.3, -0.25) is 4.90 Å². The van der Waals surface area contributed by atoms with Gasteiger partial charge in [0.15, 0.2) is 0 Å². The van der Waals surface area contributed by atoms with Gasteiger partial charge < -0.3 is 17.7 Å². The number of nitrogens with two attached hydrogens (primary N) is 1. The maximum atomic E-state index is 2.60. The van der Waals surface area contributed by atoms with Crippen LogP contribution in [0.5, 0.6) is 0 Å². The molecule has 0 saturated carbocycles. The summed E-state index contributed by atoms with van der Waals surface area (Å²) >= 11 is 0. The SMILES string of the molecule is [Cl-].c1ccc(C(c2ccccc2)N2CC[NH2+]CC2)cc1. The van der Waals surface area contributed by atoms with Crippen molar-refractivity contribution in [3.05, 3.63) is 71.8 Å². The molecule has 1 heterocycles. The zero-order chi connectivity index (χ0) is 12.9. The number of quaternary nitrogens is 1. The van der Waals surface area contributed by atoms with Crippen LogP contribution in [0, 0.1) is 0 Å². The van der Waals surface area contributed by atoms with E-state index in [1.54, 1.807) is 0 Å². The fourth-order valence-electron chi connectivity index (χ4n) is 2.91. The molecule has 0 bridgehead atoms. The van der Waals surface area contributed by atoms with Gasteiger partial charge in [0.1, 0.15) is 0 Å². The molecule has 2 nitrogen and oxygen atoms in total. The minimum atomic E-state index is 0. The number of hydrogen-bond acceptors (Lipinski definition) is 1. The molecule has 106 valence electrons. The van der Waals surface area contributed by atoms with E-state index in [4.69, 9.17) is 0 Å². The van der Waals surface area contributed by atoms with Gasteiger partial charge in [-0.25, -0.2) is 0 Å². The Kier molecular flexibility index (Phi) is 5.60. The molecule has 0 atom stereocenters. The van der Waals surface area contributed by atoms with Crippen molar-refractivity contribution in [1.29, 1.82) is 0 Å². The van der Waals surface area contributed by atoms with Gasteiger partial charge in [-0.15, -0.1) is 0 Å². The van der Waals surface area contributed by atoms with E-state index in [1.807, 2.05) is 0 Å². The van der Waals surface area contributed by atoms with E-state index in [0.717, 1.165) is 13.1 Å². The molecule has 20 heavy (non-hydrogen) atoms. The Morgan fingerprint density at radius 2 is 1.20 bits per heavy atom. The molecule has 0 spiro atoms. The van der Waals surface area contributed by atoms with Crippen molar-refractivity contribution in [3.63, 3.8) is 0 Å². The highest BCUT2D eigenvalue weighted by molar-refractivity contribution is 5.31. The lowest BCUT2D eigenvalue weighted by Crippen LogP contribution is -3.00. The number of rotatable bonds is 3. The molecule has 0 amide bonds. The largest absolute Gasteiger partial charge is 1.00 e. The molecule has 0 unspecified atom stereocenters. The fraction of sp³-hybridized carbons (Fsp3) is 0.294. The van der Waals surface area contributed by atoms with Crippen LogP contribution in [0.1, 0.15) is 17.2 Å². The highest BCUT2D eigenvalue weighted by atomic mass is 35.5. The van der Waals surface area contributed by atoms with Crippen LogP contribution in [-0.4, -0.2) is 31.1 Å². The Labute approximate surface area is 127 Å². The average molecular weight is 289 g/mol. The summed E-state index contributed by atoms with van der Waals surface area (Å²) < 4.78 is 0. The first-order valence-electron chi connectivity index (χ1n) is 7.11. The van der Waals surface area contributed by atoms with E-state index in [0.29, 0.717) is 6.04 Å². The van der Waals surface area contributed by atoms with Crippen LogP contribution in [-0.2, 0) is 0 Å². The van der Waals surface area contributed by atoms with E-state index in [-0.39, 0.29) is 12.4 Å². The van der Waals surface area contributed by atoms with E-state index in [2.05, 4.69) is 70.9 Å². The predicted molar refractivity (Wildman–Crippen MR) is 78.0 cm³/mol. The molecule has 1 saturated heterocycles. The molecule has 0 radical (unpaired) electrons. The molecule has 2 N–H and O–H groups in total. The third kappa shape index (κ3) is 3.40. The maximum Gasteiger partial charge on any atom is 0.0885 e. The van der Waals surface area contributed by atoms with Gasteiger partial charge in [0, 0.05) is 13.1 Å². The van der Waals surface area contributed by atoms with Crippen LogP contribution in [0.2, 0.25) is 0 Å². The van der Waals surface area contributed by atoms with Gasteiger partial charge in [0.25, 0.3) is 0 Å². The zero-order valence-corrected chi connectivity index (χ0v) is 12.3. The van der Waals surface area contributed by atoms with E-state index in [1.165, 1.54) is 24.2 Å². The summed E-state index contributed by atoms with van der Waals surface area (Å²) in [6, 6.07) is 22.1. The molecule has 2 aromatic rings. The molecule has 0 aromatic heterocycles. The second kappa shape index (κ2) is 7.44. The Balaban J connectivity index is 0.00000147. The van der Waals surface area contributed by atoms with Crippen LogP contribution < -0.4 is 17.7 Å². The molecule has 1 fully saturated rings. The van der Waals surface area contributed by atoms with Crippen molar-refractivity contribution in [3.8, 4) is 0 Å². The van der Waals surface area contributed by atoms with Gasteiger partial charge in [-0.2, -0.15) is 0 Å². The predicted octanol–water partition coefficient (Wildman–Crippen LogP) is -1.34. The summed E-state index contributed by atoms with van der Waals surface area (Å²) in [4.78, 5) is 2.60. The van der Waals surface area contributed by atoms with Gasteiger partial charge in [-0.1, -0.05) is 60.7 Å². The first-order chi connectivity index (χ1) is 9.45. The van der Waals surface area contributed by atoms with E-state index >= 15 is 0 Å². The van der Waals surface area contributed by atoms with Gasteiger partial charge in [0.05, 0.1) is 19.1 Å². The molecule has 1 aliphatic heterocycles. The summed E-state index contributed by atoms with van der Waals surface area (Å²) in [6.07, 6.45) is 0. The second-order valence-electron chi connectivity index (χ2n) is 5.13. The lowest BCUT2D eigenvalue weighted by atomic mass is 9.96. The van der Waals surface area contributed by atoms with Crippen molar-refractivity contribution in [1.82, 2.24) is 4.90 Å². The van der Waals surface area contributed by atoms with Gasteiger partial charge in [0.2, 0.25) is 0 Å². The summed E-state index contributed by atoms with van der Waals surface area (Å²) in [5.74, 6) is 0. The van der Waals surface area contributed by atoms with E-state index < -0.39 is 0 Å². The molecule has 0 aliphatic carbocycles. The summed E-state index contributed by atoms with van der Waals surface area (Å²) in [5, 5.41) is 2.41. The van der Waals surface area contributed by atoms with Crippen molar-refractivity contribution in [2.75, 3.05) is 26.2 Å². The molecular weight excluding hydrogens is 268 g/mol. The van der Waals surface area contributed by atoms with Gasteiger partial charge in [-0.05, 0) is 11.1 Å².